The summed E-state index contributed by atoms with van der Waals surface area (Å²) in [5.74, 6) is 0. The average molecular weight is 388 g/mol. The van der Waals surface area contributed by atoms with Crippen LogP contribution in [0.4, 0.5) is 0 Å². The molecule has 0 radical (unpaired) electrons. The van der Waals surface area contributed by atoms with Crippen LogP contribution in [0.15, 0.2) is 35.2 Å². The van der Waals surface area contributed by atoms with E-state index in [1.54, 1.807) is 18.2 Å². The van der Waals surface area contributed by atoms with Gasteiger partial charge < -0.3 is 19.8 Å². The maximum atomic E-state index is 12.4. The Morgan fingerprint density at radius 1 is 1.12 bits per heavy atom. The second-order valence-electron chi connectivity index (χ2n) is 6.83. The van der Waals surface area contributed by atoms with E-state index < -0.39 is 34.4 Å². The van der Waals surface area contributed by atoms with Crippen molar-refractivity contribution < 1.29 is 23.4 Å². The fourth-order valence-electron chi connectivity index (χ4n) is 3.07. The van der Waals surface area contributed by atoms with Gasteiger partial charge in [-0.05, 0) is 33.3 Å². The largest absolute Gasteiger partial charge is 0.394 e. The molecular formula is C17H29N3O5S. The molecular weight excluding hydrogens is 358 g/mol. The maximum absolute atomic E-state index is 12.4. The third-order valence-electron chi connectivity index (χ3n) is 4.58. The molecule has 4 unspecified atom stereocenters. The molecule has 0 amide bonds. The molecule has 0 aromatic heterocycles. The highest BCUT2D eigenvalue weighted by Gasteiger charge is 2.45. The maximum Gasteiger partial charge on any atom is 0.240 e. The van der Waals surface area contributed by atoms with Crippen LogP contribution in [0.3, 0.4) is 0 Å². The number of likely N-dealkylation sites (N-methyl/N-ethyl adjacent to an activating group) is 2. The molecule has 1 saturated heterocycles. The van der Waals surface area contributed by atoms with Crippen LogP contribution >= 0.6 is 0 Å². The first-order valence-corrected chi connectivity index (χ1v) is 10.1. The summed E-state index contributed by atoms with van der Waals surface area (Å²) in [6.45, 7) is 1.16. The third-order valence-corrected chi connectivity index (χ3v) is 6.02. The molecule has 26 heavy (non-hydrogen) atoms. The van der Waals surface area contributed by atoms with E-state index in [1.165, 1.54) is 12.1 Å². The zero-order chi connectivity index (χ0) is 19.3. The van der Waals surface area contributed by atoms with Crippen molar-refractivity contribution in [2.45, 2.75) is 29.2 Å². The van der Waals surface area contributed by atoms with Crippen LogP contribution in [-0.2, 0) is 14.8 Å². The van der Waals surface area contributed by atoms with Crippen molar-refractivity contribution >= 4 is 10.0 Å². The van der Waals surface area contributed by atoms with Crippen LogP contribution in [0.5, 0.6) is 0 Å². The molecule has 0 aliphatic carbocycles. The van der Waals surface area contributed by atoms with Crippen molar-refractivity contribution in [1.82, 2.24) is 14.5 Å². The molecule has 0 spiro atoms. The second-order valence-corrected chi connectivity index (χ2v) is 8.59. The Bertz CT molecular complexity index is 656. The number of sulfonamides is 1. The van der Waals surface area contributed by atoms with E-state index in [0.717, 1.165) is 6.54 Å². The van der Waals surface area contributed by atoms with Gasteiger partial charge in [0.05, 0.1) is 23.6 Å². The summed E-state index contributed by atoms with van der Waals surface area (Å²) in [5.41, 5.74) is 0. The lowest BCUT2D eigenvalue weighted by molar-refractivity contribution is -0.0201. The fourth-order valence-corrected chi connectivity index (χ4v) is 4.14. The molecule has 0 bridgehead atoms. The van der Waals surface area contributed by atoms with Gasteiger partial charge in [0.25, 0.3) is 0 Å². The molecule has 3 N–H and O–H groups in total. The summed E-state index contributed by atoms with van der Waals surface area (Å²) in [4.78, 5) is 4.15. The van der Waals surface area contributed by atoms with Crippen molar-refractivity contribution in [3.63, 3.8) is 0 Å². The number of nitrogens with one attached hydrogen (secondary N) is 1. The van der Waals surface area contributed by atoms with Crippen molar-refractivity contribution in [2.24, 2.45) is 0 Å². The first-order chi connectivity index (χ1) is 12.3. The van der Waals surface area contributed by atoms with E-state index >= 15 is 0 Å². The van der Waals surface area contributed by atoms with E-state index in [0.29, 0.717) is 6.54 Å². The first-order valence-electron chi connectivity index (χ1n) is 8.60. The summed E-state index contributed by atoms with van der Waals surface area (Å²) in [7, 11) is 2.11. The van der Waals surface area contributed by atoms with Gasteiger partial charge in [0.1, 0.15) is 12.2 Å². The van der Waals surface area contributed by atoms with Crippen molar-refractivity contribution in [3.05, 3.63) is 30.3 Å². The van der Waals surface area contributed by atoms with Crippen LogP contribution in [0.25, 0.3) is 0 Å². The van der Waals surface area contributed by atoms with Gasteiger partial charge in [-0.3, -0.25) is 4.90 Å². The van der Waals surface area contributed by atoms with Gasteiger partial charge in [0.2, 0.25) is 10.0 Å². The SMILES string of the molecule is CN(C)CCN(C)C1C(CNS(=O)(=O)c2ccccc2)OC(CO)C1O. The van der Waals surface area contributed by atoms with E-state index in [4.69, 9.17) is 4.74 Å². The lowest BCUT2D eigenvalue weighted by atomic mass is 10.0. The predicted molar refractivity (Wildman–Crippen MR) is 98.4 cm³/mol. The number of ether oxygens (including phenoxy) is 1. The van der Waals surface area contributed by atoms with Gasteiger partial charge in [-0.1, -0.05) is 18.2 Å². The molecule has 1 aliphatic rings. The first kappa shape index (κ1) is 21.2. The number of hydrogen-bond donors (Lipinski definition) is 3. The smallest absolute Gasteiger partial charge is 0.240 e. The van der Waals surface area contributed by atoms with Crippen LogP contribution in [0.1, 0.15) is 0 Å². The van der Waals surface area contributed by atoms with Crippen molar-refractivity contribution in [3.8, 4) is 0 Å². The molecule has 1 aromatic rings. The number of rotatable bonds is 9. The second kappa shape index (κ2) is 9.23. The van der Waals surface area contributed by atoms with Gasteiger partial charge in [-0.15, -0.1) is 0 Å². The lowest BCUT2D eigenvalue weighted by Crippen LogP contribution is -2.51. The predicted octanol–water partition coefficient (Wildman–Crippen LogP) is -1.05. The van der Waals surface area contributed by atoms with E-state index in [-0.39, 0.29) is 18.0 Å². The number of benzene rings is 1. The molecule has 1 aromatic carbocycles. The minimum absolute atomic E-state index is 0.0156. The Morgan fingerprint density at radius 2 is 1.77 bits per heavy atom. The topological polar surface area (TPSA) is 102 Å². The Kier molecular flexibility index (Phi) is 7.53. The standard InChI is InChI=1S/C17H29N3O5S/c1-19(2)9-10-20(3)16-14(25-15(12-21)17(16)22)11-18-26(23,24)13-7-5-4-6-8-13/h4-8,14-18,21-22H,9-12H2,1-3H3. The van der Waals surface area contributed by atoms with Crippen LogP contribution in [-0.4, -0.2) is 100 Å². The van der Waals surface area contributed by atoms with Gasteiger partial charge >= 0.3 is 0 Å². The van der Waals surface area contributed by atoms with Gasteiger partial charge in [0.15, 0.2) is 0 Å². The van der Waals surface area contributed by atoms with Crippen molar-refractivity contribution in [1.29, 1.82) is 0 Å². The van der Waals surface area contributed by atoms with Gasteiger partial charge in [-0.2, -0.15) is 0 Å². The van der Waals surface area contributed by atoms with E-state index in [9.17, 15) is 18.6 Å². The summed E-state index contributed by atoms with van der Waals surface area (Å²) >= 11 is 0. The highest BCUT2D eigenvalue weighted by atomic mass is 32.2. The molecule has 0 saturated carbocycles. The minimum atomic E-state index is -3.67. The highest BCUT2D eigenvalue weighted by molar-refractivity contribution is 7.89. The fraction of sp³-hybridized carbons (Fsp3) is 0.647. The highest BCUT2D eigenvalue weighted by Crippen LogP contribution is 2.25. The zero-order valence-electron chi connectivity index (χ0n) is 15.4. The van der Waals surface area contributed by atoms with Gasteiger partial charge in [-0.25, -0.2) is 13.1 Å². The third kappa shape index (κ3) is 5.23. The molecule has 2 rings (SSSR count). The van der Waals surface area contributed by atoms with E-state index in [1.807, 2.05) is 30.9 Å². The molecule has 1 aliphatic heterocycles. The number of nitrogens with zero attached hydrogens (tertiary/aromatic N) is 2. The summed E-state index contributed by atoms with van der Waals surface area (Å²) in [5, 5.41) is 19.9. The Hall–Kier alpha value is -1.07. The molecule has 1 fully saturated rings. The number of aliphatic hydroxyl groups is 2. The molecule has 8 nitrogen and oxygen atoms in total. The molecule has 4 atom stereocenters. The Balaban J connectivity index is 2.07. The quantitative estimate of drug-likeness (QED) is 0.497. The zero-order valence-corrected chi connectivity index (χ0v) is 16.3. The van der Waals surface area contributed by atoms with Crippen LogP contribution in [0.2, 0.25) is 0 Å². The summed E-state index contributed by atoms with van der Waals surface area (Å²) < 4.78 is 33.1. The lowest BCUT2D eigenvalue weighted by Gasteiger charge is -2.31. The Morgan fingerprint density at radius 3 is 2.35 bits per heavy atom. The average Bonchev–Trinajstić information content (AvgIpc) is 2.94. The molecule has 9 heteroatoms. The molecule has 1 heterocycles. The van der Waals surface area contributed by atoms with Crippen molar-refractivity contribution in [2.75, 3.05) is 47.4 Å². The number of hydrogen-bond acceptors (Lipinski definition) is 7. The minimum Gasteiger partial charge on any atom is -0.394 e. The van der Waals surface area contributed by atoms with Crippen LogP contribution < -0.4 is 4.72 Å². The molecule has 148 valence electrons. The summed E-state index contributed by atoms with van der Waals surface area (Å²) in [6.07, 6.45) is -2.18. The Labute approximate surface area is 155 Å². The van der Waals surface area contributed by atoms with E-state index in [2.05, 4.69) is 4.72 Å². The normalized spacial score (nSPS) is 26.7. The monoisotopic (exact) mass is 387 g/mol. The van der Waals surface area contributed by atoms with Gasteiger partial charge in [0, 0.05) is 19.6 Å². The number of aliphatic hydroxyl groups excluding tert-OH is 2. The summed E-state index contributed by atoms with van der Waals surface area (Å²) in [6, 6.07) is 7.68. The van der Waals surface area contributed by atoms with Crippen LogP contribution in [0, 0.1) is 0 Å².